The van der Waals surface area contributed by atoms with Crippen LogP contribution in [0.4, 0.5) is 4.79 Å². The van der Waals surface area contributed by atoms with Gasteiger partial charge in [0.15, 0.2) is 0 Å². The smallest absolute Gasteiger partial charge is 0.449 e. The molecule has 0 aliphatic rings. The standard InChI is InChI=1S/C55H88O3S/c1-47(2,3)34-28-37(50(10,11)12)43(38(29-34)51(13,14)15)59(58-46(56)57,44-39(52(16,17)18)30-35(48(4,5)6)31-40(44)53(19,20)21)45-41(54(22,23)24)32-36(49(7,8)9)33-42(45)55(25,26)27/h28-33H,1-27H3,(H,56,57). The fraction of sp³-hybridized carbons (Fsp3) is 0.655. The molecule has 3 aromatic carbocycles. The summed E-state index contributed by atoms with van der Waals surface area (Å²) in [5.41, 5.74) is 7.78. The molecule has 0 aliphatic heterocycles. The maximum Gasteiger partial charge on any atom is 0.517 e. The van der Waals surface area contributed by atoms with Crippen molar-refractivity contribution in [2.75, 3.05) is 0 Å². The van der Waals surface area contributed by atoms with Gasteiger partial charge in [0.05, 0.1) is 0 Å². The molecule has 332 valence electrons. The van der Waals surface area contributed by atoms with Gasteiger partial charge in [-0.05, 0) is 109 Å². The fourth-order valence-electron chi connectivity index (χ4n) is 8.00. The van der Waals surface area contributed by atoms with Crippen LogP contribution in [0.1, 0.15) is 237 Å². The van der Waals surface area contributed by atoms with E-state index in [2.05, 4.69) is 223 Å². The maximum atomic E-state index is 14.4. The van der Waals surface area contributed by atoms with Gasteiger partial charge in [0, 0.05) is 14.7 Å². The lowest BCUT2D eigenvalue weighted by Gasteiger charge is -2.52. The molecule has 0 atom stereocenters. The second-order valence-corrected chi connectivity index (χ2v) is 29.4. The van der Waals surface area contributed by atoms with Crippen molar-refractivity contribution in [3.05, 3.63) is 86.5 Å². The van der Waals surface area contributed by atoms with Crippen LogP contribution in [0.2, 0.25) is 0 Å². The van der Waals surface area contributed by atoms with Crippen molar-refractivity contribution in [2.45, 2.75) is 250 Å². The third-order valence-electron chi connectivity index (χ3n) is 11.8. The minimum Gasteiger partial charge on any atom is -0.449 e. The summed E-state index contributed by atoms with van der Waals surface area (Å²) in [7, 11) is -3.20. The molecule has 0 saturated carbocycles. The van der Waals surface area contributed by atoms with E-state index in [1.165, 1.54) is 16.7 Å². The van der Waals surface area contributed by atoms with Gasteiger partial charge in [-0.15, -0.1) is 0 Å². The summed E-state index contributed by atoms with van der Waals surface area (Å²) in [4.78, 5) is 17.5. The van der Waals surface area contributed by atoms with Crippen molar-refractivity contribution >= 4 is 16.5 Å². The van der Waals surface area contributed by atoms with Gasteiger partial charge in [0.25, 0.3) is 0 Å². The Morgan fingerprint density at radius 1 is 0.339 bits per heavy atom. The number of hydrogen-bond donors (Lipinski definition) is 1. The molecule has 0 radical (unpaired) electrons. The van der Waals surface area contributed by atoms with Gasteiger partial charge in [-0.3, -0.25) is 0 Å². The van der Waals surface area contributed by atoms with Crippen LogP contribution in [-0.2, 0) is 52.9 Å². The van der Waals surface area contributed by atoms with Crippen molar-refractivity contribution in [3.63, 3.8) is 0 Å². The van der Waals surface area contributed by atoms with E-state index in [4.69, 9.17) is 4.18 Å². The van der Waals surface area contributed by atoms with Gasteiger partial charge in [-0.2, -0.15) is 0 Å². The van der Waals surface area contributed by atoms with Crippen LogP contribution >= 0.6 is 10.3 Å². The molecule has 0 unspecified atom stereocenters. The zero-order chi connectivity index (χ0) is 46.5. The molecule has 0 aliphatic carbocycles. The summed E-state index contributed by atoms with van der Waals surface area (Å²) in [5, 5.41) is 11.7. The average Bonchev–Trinajstić information content (AvgIpc) is 2.97. The van der Waals surface area contributed by atoms with Gasteiger partial charge in [-0.1, -0.05) is 223 Å². The van der Waals surface area contributed by atoms with Gasteiger partial charge >= 0.3 is 6.16 Å². The Bertz CT molecular complexity index is 1720. The van der Waals surface area contributed by atoms with Gasteiger partial charge in [0.1, 0.15) is 0 Å². The number of rotatable bonds is 4. The molecule has 0 aromatic heterocycles. The highest BCUT2D eigenvalue weighted by Gasteiger charge is 2.52. The molecule has 0 fully saturated rings. The molecule has 3 nitrogen and oxygen atoms in total. The number of hydrogen-bond acceptors (Lipinski definition) is 2. The molecule has 0 saturated heterocycles. The molecule has 59 heavy (non-hydrogen) atoms. The highest BCUT2D eigenvalue weighted by Crippen LogP contribution is 2.77. The third-order valence-corrected chi connectivity index (χ3v) is 15.2. The second-order valence-electron chi connectivity index (χ2n) is 26.9. The number of benzene rings is 3. The monoisotopic (exact) mass is 829 g/mol. The lowest BCUT2D eigenvalue weighted by atomic mass is 9.75. The minimum absolute atomic E-state index is 0.160. The van der Waals surface area contributed by atoms with E-state index in [1.54, 1.807) is 0 Å². The molecule has 0 heterocycles. The Labute approximate surface area is 365 Å². The Morgan fingerprint density at radius 3 is 0.593 bits per heavy atom. The normalized spacial score (nSPS) is 14.8. The van der Waals surface area contributed by atoms with E-state index in [0.717, 1.165) is 48.1 Å². The Hall–Kier alpha value is -2.72. The SMILES string of the molecule is CC(C)(C)c1cc(C(C)(C)C)c(S(OC(=O)O)(c2c(C(C)(C)C)cc(C(C)(C)C)cc2C(C)(C)C)c2c(C(C)(C)C)cc(C(C)(C)C)cc2C(C)(C)C)c(C(C)(C)C)c1. The lowest BCUT2D eigenvalue weighted by Crippen LogP contribution is -2.33. The minimum atomic E-state index is -3.20. The first-order chi connectivity index (χ1) is 25.8. The Kier molecular flexibility index (Phi) is 13.1. The van der Waals surface area contributed by atoms with Crippen LogP contribution in [0, 0.1) is 0 Å². The molecule has 0 bridgehead atoms. The molecular formula is C55H88O3S. The van der Waals surface area contributed by atoms with Gasteiger partial charge < -0.3 is 9.29 Å². The lowest BCUT2D eigenvalue weighted by molar-refractivity contribution is 0.149. The summed E-state index contributed by atoms with van der Waals surface area (Å²) < 4.78 is 7.39. The summed E-state index contributed by atoms with van der Waals surface area (Å²) in [6.07, 6.45) is -1.25. The van der Waals surface area contributed by atoms with Crippen LogP contribution in [0.15, 0.2) is 51.1 Å². The van der Waals surface area contributed by atoms with E-state index < -0.39 is 16.5 Å². The maximum absolute atomic E-state index is 14.4. The second kappa shape index (κ2) is 15.3. The number of carbonyl (C=O) groups is 1. The quantitative estimate of drug-likeness (QED) is 0.285. The highest BCUT2D eigenvalue weighted by atomic mass is 32.3. The molecule has 3 rings (SSSR count). The van der Waals surface area contributed by atoms with Gasteiger partial charge in [0.2, 0.25) is 0 Å². The highest BCUT2D eigenvalue weighted by molar-refractivity contribution is 8.30. The molecule has 1 N–H and O–H groups in total. The molecule has 4 heteroatoms. The van der Waals surface area contributed by atoms with E-state index in [9.17, 15) is 9.90 Å². The average molecular weight is 829 g/mol. The van der Waals surface area contributed by atoms with Crippen molar-refractivity contribution in [1.82, 2.24) is 0 Å². The first-order valence-electron chi connectivity index (χ1n) is 22.1. The summed E-state index contributed by atoms with van der Waals surface area (Å²) in [6.45, 7) is 61.9. The van der Waals surface area contributed by atoms with Gasteiger partial charge in [-0.25, -0.2) is 4.79 Å². The third kappa shape index (κ3) is 10.5. The van der Waals surface area contributed by atoms with Crippen LogP contribution < -0.4 is 0 Å². The summed E-state index contributed by atoms with van der Waals surface area (Å²) in [6, 6.07) is 14.5. The van der Waals surface area contributed by atoms with Crippen molar-refractivity contribution in [2.24, 2.45) is 0 Å². The predicted molar refractivity (Wildman–Crippen MR) is 259 cm³/mol. The fourth-order valence-corrected chi connectivity index (χ4v) is 13.1. The topological polar surface area (TPSA) is 46.5 Å². The van der Waals surface area contributed by atoms with Crippen LogP contribution in [0.25, 0.3) is 0 Å². The zero-order valence-electron chi connectivity index (χ0n) is 43.1. The van der Waals surface area contributed by atoms with Crippen LogP contribution in [0.3, 0.4) is 0 Å². The Balaban J connectivity index is 3.36. The first kappa shape index (κ1) is 50.6. The van der Waals surface area contributed by atoms with Crippen molar-refractivity contribution in [3.8, 4) is 0 Å². The molecular weight excluding hydrogens is 741 g/mol. The van der Waals surface area contributed by atoms with E-state index in [1.807, 2.05) is 0 Å². The zero-order valence-corrected chi connectivity index (χ0v) is 44.0. The van der Waals surface area contributed by atoms with Crippen LogP contribution in [-0.4, -0.2) is 11.3 Å². The Morgan fingerprint density at radius 2 is 0.492 bits per heavy atom. The molecule has 3 aromatic rings. The van der Waals surface area contributed by atoms with Crippen molar-refractivity contribution < 1.29 is 14.1 Å². The predicted octanol–water partition coefficient (Wildman–Crippen LogP) is 17.3. The molecule has 0 spiro atoms. The summed E-state index contributed by atoms with van der Waals surface area (Å²) in [5.74, 6) is 0. The van der Waals surface area contributed by atoms with Crippen LogP contribution in [0.5, 0.6) is 0 Å². The largest absolute Gasteiger partial charge is 0.517 e. The van der Waals surface area contributed by atoms with Crippen molar-refractivity contribution in [1.29, 1.82) is 0 Å². The summed E-state index contributed by atoms with van der Waals surface area (Å²) >= 11 is 0. The molecule has 0 amide bonds. The van der Waals surface area contributed by atoms with E-state index in [0.29, 0.717) is 0 Å². The van der Waals surface area contributed by atoms with E-state index in [-0.39, 0.29) is 48.7 Å². The van der Waals surface area contributed by atoms with E-state index >= 15 is 0 Å². The first-order valence-corrected chi connectivity index (χ1v) is 23.7. The number of carboxylic acid groups (broad SMARTS) is 1.